The van der Waals surface area contributed by atoms with Gasteiger partial charge in [0.2, 0.25) is 0 Å². The number of carbonyl (C=O) groups is 1. The summed E-state index contributed by atoms with van der Waals surface area (Å²) in [7, 11) is 0. The van der Waals surface area contributed by atoms with E-state index in [4.69, 9.17) is 4.98 Å². The van der Waals surface area contributed by atoms with Gasteiger partial charge in [-0.15, -0.1) is 0 Å². The highest BCUT2D eigenvalue weighted by Gasteiger charge is 2.19. The summed E-state index contributed by atoms with van der Waals surface area (Å²) >= 11 is 1.60. The Hall–Kier alpha value is -2.20. The summed E-state index contributed by atoms with van der Waals surface area (Å²) in [6, 6.07) is 13.4. The smallest absolute Gasteiger partial charge is 0.185 e. The first-order valence-electron chi connectivity index (χ1n) is 7.82. The predicted octanol–water partition coefficient (Wildman–Crippen LogP) is 4.99. The van der Waals surface area contributed by atoms with E-state index < -0.39 is 0 Å². The SMILES string of the molecule is CCC(Nc1nc2c(C)c(C)ccc2s1)C(=O)c1ccccc1. The van der Waals surface area contributed by atoms with Crippen LogP contribution in [0.25, 0.3) is 10.2 Å². The molecule has 0 spiro atoms. The molecule has 3 nitrogen and oxygen atoms in total. The maximum Gasteiger partial charge on any atom is 0.185 e. The standard InChI is InChI=1S/C19H20N2OS/c1-4-15(18(22)14-8-6-5-7-9-14)20-19-21-17-13(3)12(2)10-11-16(17)23-19/h5-11,15H,4H2,1-3H3,(H,20,21). The van der Waals surface area contributed by atoms with Gasteiger partial charge in [-0.2, -0.15) is 0 Å². The molecule has 0 fully saturated rings. The fourth-order valence-corrected chi connectivity index (χ4v) is 3.57. The van der Waals surface area contributed by atoms with Crippen molar-refractivity contribution >= 4 is 32.5 Å². The lowest BCUT2D eigenvalue weighted by Crippen LogP contribution is -2.28. The van der Waals surface area contributed by atoms with E-state index in [0.29, 0.717) is 0 Å². The van der Waals surface area contributed by atoms with Crippen molar-refractivity contribution in [2.45, 2.75) is 33.2 Å². The number of hydrogen-bond acceptors (Lipinski definition) is 4. The third kappa shape index (κ3) is 3.13. The van der Waals surface area contributed by atoms with Crippen LogP contribution in [0.5, 0.6) is 0 Å². The van der Waals surface area contributed by atoms with Crippen LogP contribution in [0.3, 0.4) is 0 Å². The van der Waals surface area contributed by atoms with E-state index in [-0.39, 0.29) is 11.8 Å². The molecular formula is C19H20N2OS. The van der Waals surface area contributed by atoms with E-state index in [0.717, 1.165) is 27.3 Å². The van der Waals surface area contributed by atoms with Crippen molar-refractivity contribution in [3.63, 3.8) is 0 Å². The van der Waals surface area contributed by atoms with Gasteiger partial charge < -0.3 is 5.32 Å². The maximum atomic E-state index is 12.6. The average Bonchev–Trinajstić information content (AvgIpc) is 3.00. The summed E-state index contributed by atoms with van der Waals surface area (Å²) < 4.78 is 1.15. The third-order valence-corrected chi connectivity index (χ3v) is 5.12. The minimum atomic E-state index is -0.251. The fraction of sp³-hybridized carbons (Fsp3) is 0.263. The normalized spacial score (nSPS) is 12.3. The van der Waals surface area contributed by atoms with Crippen molar-refractivity contribution in [1.29, 1.82) is 0 Å². The van der Waals surface area contributed by atoms with E-state index in [1.165, 1.54) is 11.1 Å². The van der Waals surface area contributed by atoms with Gasteiger partial charge in [-0.25, -0.2) is 4.98 Å². The molecule has 1 unspecified atom stereocenters. The molecule has 0 amide bonds. The number of benzene rings is 2. The number of aromatic nitrogens is 1. The number of anilines is 1. The zero-order valence-electron chi connectivity index (χ0n) is 13.6. The number of thiazole rings is 1. The largest absolute Gasteiger partial charge is 0.351 e. The van der Waals surface area contributed by atoms with Crippen LogP contribution in [0, 0.1) is 13.8 Å². The second-order valence-corrected chi connectivity index (χ2v) is 6.74. The molecule has 1 aromatic heterocycles. The molecule has 4 heteroatoms. The molecule has 0 aliphatic heterocycles. The van der Waals surface area contributed by atoms with Gasteiger partial charge in [-0.05, 0) is 37.5 Å². The van der Waals surface area contributed by atoms with E-state index in [1.807, 2.05) is 37.3 Å². The first-order valence-corrected chi connectivity index (χ1v) is 8.64. The molecule has 0 saturated heterocycles. The zero-order valence-corrected chi connectivity index (χ0v) is 14.4. The van der Waals surface area contributed by atoms with Crippen molar-refractivity contribution in [1.82, 2.24) is 4.98 Å². The quantitative estimate of drug-likeness (QED) is 0.673. The van der Waals surface area contributed by atoms with Crippen LogP contribution in [-0.2, 0) is 0 Å². The average molecular weight is 324 g/mol. The number of aryl methyl sites for hydroxylation is 2. The Morgan fingerprint density at radius 3 is 2.61 bits per heavy atom. The van der Waals surface area contributed by atoms with Gasteiger partial charge in [0, 0.05) is 5.56 Å². The minimum Gasteiger partial charge on any atom is -0.351 e. The van der Waals surface area contributed by atoms with Gasteiger partial charge in [0.15, 0.2) is 10.9 Å². The lowest BCUT2D eigenvalue weighted by atomic mass is 10.0. The Morgan fingerprint density at radius 1 is 1.17 bits per heavy atom. The highest BCUT2D eigenvalue weighted by molar-refractivity contribution is 7.22. The fourth-order valence-electron chi connectivity index (χ4n) is 2.59. The molecule has 23 heavy (non-hydrogen) atoms. The van der Waals surface area contributed by atoms with Gasteiger partial charge >= 0.3 is 0 Å². The van der Waals surface area contributed by atoms with E-state index in [9.17, 15) is 4.79 Å². The van der Waals surface area contributed by atoms with Crippen LogP contribution >= 0.6 is 11.3 Å². The zero-order chi connectivity index (χ0) is 16.4. The number of ketones is 1. The van der Waals surface area contributed by atoms with E-state index in [1.54, 1.807) is 11.3 Å². The molecule has 1 N–H and O–H groups in total. The molecule has 0 aliphatic rings. The van der Waals surface area contributed by atoms with Crippen LogP contribution in [0.15, 0.2) is 42.5 Å². The second-order valence-electron chi connectivity index (χ2n) is 5.71. The predicted molar refractivity (Wildman–Crippen MR) is 97.6 cm³/mol. The van der Waals surface area contributed by atoms with E-state index in [2.05, 4.69) is 31.3 Å². The summed E-state index contributed by atoms with van der Waals surface area (Å²) in [5.41, 5.74) is 4.20. The molecule has 118 valence electrons. The van der Waals surface area contributed by atoms with E-state index >= 15 is 0 Å². The Labute approximate surface area is 140 Å². The monoisotopic (exact) mass is 324 g/mol. The lowest BCUT2D eigenvalue weighted by Gasteiger charge is -2.14. The summed E-state index contributed by atoms with van der Waals surface area (Å²) in [6.07, 6.45) is 0.724. The Morgan fingerprint density at radius 2 is 1.91 bits per heavy atom. The highest BCUT2D eigenvalue weighted by atomic mass is 32.1. The van der Waals surface area contributed by atoms with Crippen molar-refractivity contribution in [2.75, 3.05) is 5.32 Å². The number of nitrogens with zero attached hydrogens (tertiary/aromatic N) is 1. The number of nitrogens with one attached hydrogen (secondary N) is 1. The maximum absolute atomic E-state index is 12.6. The summed E-state index contributed by atoms with van der Waals surface area (Å²) in [6.45, 7) is 6.20. The molecule has 0 bridgehead atoms. The van der Waals surface area contributed by atoms with Gasteiger partial charge in [0.05, 0.1) is 16.3 Å². The van der Waals surface area contributed by atoms with Gasteiger partial charge in [0.1, 0.15) is 0 Å². The number of rotatable bonds is 5. The van der Waals surface area contributed by atoms with Crippen LogP contribution in [0.1, 0.15) is 34.8 Å². The molecule has 0 aliphatic carbocycles. The summed E-state index contributed by atoms with van der Waals surface area (Å²) in [4.78, 5) is 17.3. The molecule has 3 aromatic rings. The topological polar surface area (TPSA) is 42.0 Å². The third-order valence-electron chi connectivity index (χ3n) is 4.17. The highest BCUT2D eigenvalue weighted by Crippen LogP contribution is 2.30. The minimum absolute atomic E-state index is 0.111. The summed E-state index contributed by atoms with van der Waals surface area (Å²) in [5.74, 6) is 0.111. The molecule has 2 aromatic carbocycles. The number of Topliss-reactive ketones (excluding diaryl/α,β-unsaturated/α-hetero) is 1. The van der Waals surface area contributed by atoms with Gasteiger partial charge in [-0.3, -0.25) is 4.79 Å². The number of carbonyl (C=O) groups excluding carboxylic acids is 1. The second kappa shape index (κ2) is 6.50. The van der Waals surface area contributed by atoms with Crippen LogP contribution in [0.4, 0.5) is 5.13 Å². The lowest BCUT2D eigenvalue weighted by molar-refractivity contribution is 0.0968. The Bertz CT molecular complexity index is 839. The Balaban J connectivity index is 1.87. The van der Waals surface area contributed by atoms with Crippen LogP contribution in [-0.4, -0.2) is 16.8 Å². The molecular weight excluding hydrogens is 304 g/mol. The van der Waals surface area contributed by atoms with Gasteiger partial charge in [-0.1, -0.05) is 54.7 Å². The van der Waals surface area contributed by atoms with Crippen LogP contribution < -0.4 is 5.32 Å². The number of fused-ring (bicyclic) bond motifs is 1. The van der Waals surface area contributed by atoms with Crippen molar-refractivity contribution < 1.29 is 4.79 Å². The van der Waals surface area contributed by atoms with Crippen molar-refractivity contribution in [3.8, 4) is 0 Å². The first-order chi connectivity index (χ1) is 11.1. The Kier molecular flexibility index (Phi) is 4.44. The molecule has 1 heterocycles. The molecule has 3 rings (SSSR count). The first kappa shape index (κ1) is 15.7. The van der Waals surface area contributed by atoms with Crippen LogP contribution in [0.2, 0.25) is 0 Å². The summed E-state index contributed by atoms with van der Waals surface area (Å²) in [5, 5.41) is 4.13. The van der Waals surface area contributed by atoms with Crippen molar-refractivity contribution in [3.05, 3.63) is 59.2 Å². The van der Waals surface area contributed by atoms with Gasteiger partial charge in [0.25, 0.3) is 0 Å². The number of hydrogen-bond donors (Lipinski definition) is 1. The molecule has 0 radical (unpaired) electrons. The van der Waals surface area contributed by atoms with Crippen molar-refractivity contribution in [2.24, 2.45) is 0 Å². The molecule has 0 saturated carbocycles. The molecule has 1 atom stereocenters.